The van der Waals surface area contributed by atoms with Crippen LogP contribution in [0.5, 0.6) is 5.75 Å². The minimum Gasteiger partial charge on any atom is -0.496 e. The minimum absolute atomic E-state index is 0.0588. The van der Waals surface area contributed by atoms with Gasteiger partial charge in [0.1, 0.15) is 5.75 Å². The molecule has 0 saturated heterocycles. The monoisotopic (exact) mass is 553 g/mol. The second-order valence-corrected chi connectivity index (χ2v) is 10.4. The van der Waals surface area contributed by atoms with Gasteiger partial charge >= 0.3 is 0 Å². The molecule has 1 atom stereocenters. The molecule has 0 aliphatic carbocycles. The van der Waals surface area contributed by atoms with Crippen LogP contribution in [0.1, 0.15) is 32.9 Å². The van der Waals surface area contributed by atoms with Crippen LogP contribution < -0.4 is 9.64 Å². The number of hydrogen-bond donors (Lipinski definition) is 2. The molecule has 0 unspecified atom stereocenters. The lowest BCUT2D eigenvalue weighted by Crippen LogP contribution is -2.37. The Morgan fingerprint density at radius 2 is 1.73 bits per heavy atom. The van der Waals surface area contributed by atoms with E-state index >= 15 is 0 Å². The molecule has 2 amide bonds. The highest BCUT2D eigenvalue weighted by Gasteiger charge is 2.27. The Kier molecular flexibility index (Phi) is 8.23. The van der Waals surface area contributed by atoms with Gasteiger partial charge in [-0.2, -0.15) is 0 Å². The number of aromatic nitrogens is 1. The van der Waals surface area contributed by atoms with Crippen LogP contribution in [0.25, 0.3) is 11.1 Å². The van der Waals surface area contributed by atoms with E-state index in [9.17, 15) is 14.7 Å². The quantitative estimate of drug-likeness (QED) is 0.344. The molecule has 0 radical (unpaired) electrons. The molecule has 0 fully saturated rings. The summed E-state index contributed by atoms with van der Waals surface area (Å²) in [4.78, 5) is 30.2. The fourth-order valence-electron chi connectivity index (χ4n) is 5.45. The molecule has 2 N–H and O–H groups in total. The third-order valence-corrected chi connectivity index (χ3v) is 7.66. The number of aryl methyl sites for hydroxylation is 1. The number of likely N-dealkylation sites (N-methyl/N-ethyl adjacent to an activating group) is 1. The first kappa shape index (κ1) is 28.1. The van der Waals surface area contributed by atoms with Gasteiger partial charge in [0.2, 0.25) is 5.91 Å². The van der Waals surface area contributed by atoms with Crippen molar-refractivity contribution in [3.05, 3.63) is 107 Å². The average molecular weight is 554 g/mol. The van der Waals surface area contributed by atoms with Crippen molar-refractivity contribution in [1.29, 1.82) is 0 Å². The van der Waals surface area contributed by atoms with Gasteiger partial charge in [-0.25, -0.2) is 0 Å². The van der Waals surface area contributed by atoms with Crippen LogP contribution in [0.3, 0.4) is 0 Å². The average Bonchev–Trinajstić information content (AvgIpc) is 3.26. The molecule has 0 spiro atoms. The predicted molar refractivity (Wildman–Crippen MR) is 158 cm³/mol. The molecule has 8 nitrogen and oxygen atoms in total. The number of anilines is 1. The summed E-state index contributed by atoms with van der Waals surface area (Å²) < 4.78 is 7.65. The molecule has 41 heavy (non-hydrogen) atoms. The Morgan fingerprint density at radius 1 is 0.976 bits per heavy atom. The zero-order valence-electron chi connectivity index (χ0n) is 23.6. The lowest BCUT2D eigenvalue weighted by atomic mass is 9.97. The molecule has 1 aromatic heterocycles. The van der Waals surface area contributed by atoms with Crippen LogP contribution in [0.4, 0.5) is 5.69 Å². The van der Waals surface area contributed by atoms with E-state index in [4.69, 9.17) is 9.84 Å². The maximum Gasteiger partial charge on any atom is 0.258 e. The summed E-state index contributed by atoms with van der Waals surface area (Å²) in [7, 11) is 3.27. The first-order valence-electron chi connectivity index (χ1n) is 13.6. The van der Waals surface area contributed by atoms with E-state index in [2.05, 4.69) is 4.57 Å². The number of ether oxygens (including phenoxy) is 1. The van der Waals surface area contributed by atoms with E-state index in [0.717, 1.165) is 45.1 Å². The van der Waals surface area contributed by atoms with E-state index in [1.54, 1.807) is 19.1 Å². The van der Waals surface area contributed by atoms with Crippen molar-refractivity contribution < 1.29 is 24.5 Å². The van der Waals surface area contributed by atoms with Crippen molar-refractivity contribution >= 4 is 17.5 Å². The van der Waals surface area contributed by atoms with E-state index in [1.165, 1.54) is 4.90 Å². The number of aliphatic hydroxyl groups excluding tert-OH is 2. The van der Waals surface area contributed by atoms with Gasteiger partial charge in [-0.1, -0.05) is 42.5 Å². The van der Waals surface area contributed by atoms with Crippen LogP contribution in [0.15, 0.2) is 78.9 Å². The first-order chi connectivity index (χ1) is 19.8. The number of nitrogens with zero attached hydrogens (tertiary/aromatic N) is 3. The number of carbonyl (C=O) groups excluding carboxylic acids is 2. The Bertz CT molecular complexity index is 1580. The lowest BCUT2D eigenvalue weighted by Gasteiger charge is -2.23. The van der Waals surface area contributed by atoms with Gasteiger partial charge in [0.25, 0.3) is 5.91 Å². The van der Waals surface area contributed by atoms with Crippen molar-refractivity contribution in [3.63, 3.8) is 0 Å². The molecule has 1 aliphatic rings. The van der Waals surface area contributed by atoms with Crippen LogP contribution >= 0.6 is 0 Å². The van der Waals surface area contributed by atoms with Gasteiger partial charge in [0.15, 0.2) is 0 Å². The van der Waals surface area contributed by atoms with Gasteiger partial charge in [-0.05, 0) is 60.0 Å². The lowest BCUT2D eigenvalue weighted by molar-refractivity contribution is -0.130. The summed E-state index contributed by atoms with van der Waals surface area (Å²) in [5.74, 6) is 0.522. The second kappa shape index (κ2) is 12.0. The zero-order valence-corrected chi connectivity index (χ0v) is 23.6. The van der Waals surface area contributed by atoms with Gasteiger partial charge in [-0.3, -0.25) is 9.59 Å². The van der Waals surface area contributed by atoms with Crippen molar-refractivity contribution in [3.8, 4) is 16.9 Å². The van der Waals surface area contributed by atoms with Gasteiger partial charge < -0.3 is 29.3 Å². The highest BCUT2D eigenvalue weighted by Crippen LogP contribution is 2.34. The number of methoxy groups -OCH3 is 1. The molecule has 8 heteroatoms. The van der Waals surface area contributed by atoms with E-state index in [1.807, 2.05) is 85.8 Å². The molecule has 0 bridgehead atoms. The highest BCUT2D eigenvalue weighted by atomic mass is 16.5. The Hall–Kier alpha value is -4.40. The topological polar surface area (TPSA) is 95.2 Å². The standard InChI is InChI=1S/C33H35N3O5/c1-22-16-23(12-15-28(22)29-9-5-7-11-31(29)41-3)33(40)36-19-26-14-13-25(17-32(39)34(2)20-27(38)21-37)35(26)18-24-8-4-6-10-30(24)36/h4-16,27,37-38H,17-21H2,1-3H3/t27-/m0/s1. The van der Waals surface area contributed by atoms with Gasteiger partial charge in [0, 0.05) is 48.3 Å². The minimum atomic E-state index is -0.979. The highest BCUT2D eigenvalue weighted by molar-refractivity contribution is 6.07. The maximum absolute atomic E-state index is 14.0. The predicted octanol–water partition coefficient (Wildman–Crippen LogP) is 4.03. The van der Waals surface area contributed by atoms with Crippen molar-refractivity contribution in [2.75, 3.05) is 32.2 Å². The zero-order chi connectivity index (χ0) is 29.1. The van der Waals surface area contributed by atoms with Crippen molar-refractivity contribution in [2.24, 2.45) is 0 Å². The fraction of sp³-hybridized carbons (Fsp3) is 0.273. The van der Waals surface area contributed by atoms with E-state index < -0.39 is 12.7 Å². The largest absolute Gasteiger partial charge is 0.496 e. The normalized spacial score (nSPS) is 13.1. The summed E-state index contributed by atoms with van der Waals surface area (Å²) in [6.45, 7) is 2.54. The van der Waals surface area contributed by atoms with Crippen LogP contribution in [0, 0.1) is 6.92 Å². The fourth-order valence-corrected chi connectivity index (χ4v) is 5.45. The number of carbonyl (C=O) groups is 2. The number of para-hydroxylation sites is 2. The second-order valence-electron chi connectivity index (χ2n) is 10.4. The molecule has 3 aromatic carbocycles. The van der Waals surface area contributed by atoms with E-state index in [-0.39, 0.29) is 24.8 Å². The van der Waals surface area contributed by atoms with Crippen LogP contribution in [-0.2, 0) is 24.3 Å². The molecule has 5 rings (SSSR count). The SMILES string of the molecule is COc1ccccc1-c1ccc(C(=O)N2Cc3ccc(CC(=O)N(C)C[C@H](O)CO)n3Cc3ccccc32)cc1C. The third-order valence-electron chi connectivity index (χ3n) is 7.66. The molecule has 212 valence electrons. The molecule has 1 aliphatic heterocycles. The molecular weight excluding hydrogens is 518 g/mol. The summed E-state index contributed by atoms with van der Waals surface area (Å²) in [6.07, 6.45) is -0.832. The van der Waals surface area contributed by atoms with Gasteiger partial charge in [-0.15, -0.1) is 0 Å². The maximum atomic E-state index is 14.0. The van der Waals surface area contributed by atoms with E-state index in [0.29, 0.717) is 18.7 Å². The van der Waals surface area contributed by atoms with Crippen LogP contribution in [0.2, 0.25) is 0 Å². The van der Waals surface area contributed by atoms with Crippen molar-refractivity contribution in [2.45, 2.75) is 32.5 Å². The first-order valence-corrected chi connectivity index (χ1v) is 13.6. The Morgan fingerprint density at radius 3 is 2.49 bits per heavy atom. The summed E-state index contributed by atoms with van der Waals surface area (Å²) in [5, 5.41) is 18.9. The molecule has 2 heterocycles. The van der Waals surface area contributed by atoms with Crippen LogP contribution in [-0.4, -0.2) is 64.9 Å². The number of amides is 2. The summed E-state index contributed by atoms with van der Waals surface area (Å²) in [5.41, 5.74) is 7.13. The number of aliphatic hydroxyl groups is 2. The number of rotatable bonds is 8. The summed E-state index contributed by atoms with van der Waals surface area (Å²) in [6, 6.07) is 25.4. The smallest absolute Gasteiger partial charge is 0.258 e. The third kappa shape index (κ3) is 5.75. The Balaban J connectivity index is 1.44. The summed E-state index contributed by atoms with van der Waals surface area (Å²) >= 11 is 0. The molecule has 0 saturated carbocycles. The Labute approximate surface area is 240 Å². The number of benzene rings is 3. The molecular formula is C33H35N3O5. The number of fused-ring (bicyclic) bond motifs is 2. The van der Waals surface area contributed by atoms with Crippen molar-refractivity contribution in [1.82, 2.24) is 9.47 Å². The molecule has 4 aromatic rings. The van der Waals surface area contributed by atoms with Gasteiger partial charge in [0.05, 0.1) is 32.8 Å². The number of hydrogen-bond acceptors (Lipinski definition) is 5.